The molecule has 0 radical (unpaired) electrons. The van der Waals surface area contributed by atoms with Gasteiger partial charge in [-0.1, -0.05) is 17.7 Å². The van der Waals surface area contributed by atoms with Crippen molar-refractivity contribution in [2.75, 3.05) is 22.8 Å². The summed E-state index contributed by atoms with van der Waals surface area (Å²) in [5.41, 5.74) is 0.880. The minimum atomic E-state index is -3.78. The molecule has 1 amide bonds. The minimum absolute atomic E-state index is 0.0624. The predicted octanol–water partition coefficient (Wildman–Crippen LogP) is 2.89. The lowest BCUT2D eigenvalue weighted by atomic mass is 10.2. The van der Waals surface area contributed by atoms with E-state index in [2.05, 4.69) is 4.72 Å². The summed E-state index contributed by atoms with van der Waals surface area (Å²) < 4.78 is 32.9. The number of rotatable bonds is 3. The molecule has 0 bridgehead atoms. The van der Waals surface area contributed by atoms with Crippen LogP contribution in [0.1, 0.15) is 6.92 Å². The third-order valence-corrected chi connectivity index (χ3v) is 5.17. The Balaban J connectivity index is 1.94. The quantitative estimate of drug-likeness (QED) is 0.906. The maximum Gasteiger partial charge on any atom is 0.261 e. The van der Waals surface area contributed by atoms with Crippen molar-refractivity contribution in [3.63, 3.8) is 0 Å². The molecule has 0 aliphatic carbocycles. The highest BCUT2D eigenvalue weighted by atomic mass is 35.5. The first-order valence-electron chi connectivity index (χ1n) is 7.20. The molecule has 2 aromatic rings. The van der Waals surface area contributed by atoms with Gasteiger partial charge in [-0.15, -0.1) is 0 Å². The normalized spacial score (nSPS) is 13.8. The molecule has 0 saturated heterocycles. The lowest BCUT2D eigenvalue weighted by molar-refractivity contribution is -0.116. The molecule has 0 atom stereocenters. The fraction of sp³-hybridized carbons (Fsp3) is 0.188. The zero-order chi connectivity index (χ0) is 17.3. The van der Waals surface area contributed by atoms with E-state index < -0.39 is 10.0 Å². The van der Waals surface area contributed by atoms with E-state index in [4.69, 9.17) is 16.3 Å². The van der Waals surface area contributed by atoms with Gasteiger partial charge in [0.15, 0.2) is 0 Å². The third-order valence-electron chi connectivity index (χ3n) is 3.56. The molecule has 1 aliphatic heterocycles. The first kappa shape index (κ1) is 16.6. The molecule has 2 aromatic carbocycles. The van der Waals surface area contributed by atoms with Crippen LogP contribution in [0.25, 0.3) is 0 Å². The zero-order valence-electron chi connectivity index (χ0n) is 12.8. The highest BCUT2D eigenvalue weighted by molar-refractivity contribution is 7.92. The maximum absolute atomic E-state index is 12.5. The van der Waals surface area contributed by atoms with E-state index in [0.717, 1.165) is 0 Å². The molecule has 1 heterocycles. The fourth-order valence-corrected chi connectivity index (χ4v) is 3.81. The lowest BCUT2D eigenvalue weighted by Crippen LogP contribution is -2.36. The largest absolute Gasteiger partial charge is 0.490 e. The lowest BCUT2D eigenvalue weighted by Gasteiger charge is -2.29. The van der Waals surface area contributed by atoms with Crippen LogP contribution in [-0.2, 0) is 14.8 Å². The molecular weight excluding hydrogens is 352 g/mol. The molecule has 0 saturated carbocycles. The molecule has 0 unspecified atom stereocenters. The highest BCUT2D eigenvalue weighted by Gasteiger charge is 2.23. The third kappa shape index (κ3) is 3.32. The van der Waals surface area contributed by atoms with Crippen LogP contribution in [0.3, 0.4) is 0 Å². The summed E-state index contributed by atoms with van der Waals surface area (Å²) in [7, 11) is -3.78. The second-order valence-electron chi connectivity index (χ2n) is 5.26. The molecule has 0 fully saturated rings. The molecule has 6 nitrogen and oxygen atoms in total. The van der Waals surface area contributed by atoms with Crippen molar-refractivity contribution < 1.29 is 17.9 Å². The number of anilines is 2. The van der Waals surface area contributed by atoms with Gasteiger partial charge in [-0.3, -0.25) is 9.52 Å². The van der Waals surface area contributed by atoms with Gasteiger partial charge in [-0.25, -0.2) is 8.42 Å². The Morgan fingerprint density at radius 1 is 1.25 bits per heavy atom. The van der Waals surface area contributed by atoms with Gasteiger partial charge in [0.1, 0.15) is 12.4 Å². The number of amides is 1. The van der Waals surface area contributed by atoms with Gasteiger partial charge >= 0.3 is 0 Å². The van der Waals surface area contributed by atoms with Crippen LogP contribution in [0.2, 0.25) is 5.02 Å². The smallest absolute Gasteiger partial charge is 0.261 e. The minimum Gasteiger partial charge on any atom is -0.490 e. The second-order valence-corrected chi connectivity index (χ2v) is 7.38. The second kappa shape index (κ2) is 6.33. The first-order valence-corrected chi connectivity index (χ1v) is 9.06. The van der Waals surface area contributed by atoms with E-state index in [1.165, 1.54) is 19.1 Å². The Morgan fingerprint density at radius 2 is 2.04 bits per heavy atom. The number of nitrogens with one attached hydrogen (secondary N) is 1. The molecule has 3 rings (SSSR count). The van der Waals surface area contributed by atoms with Gasteiger partial charge in [0, 0.05) is 11.9 Å². The molecule has 0 aromatic heterocycles. The van der Waals surface area contributed by atoms with Gasteiger partial charge in [-0.2, -0.15) is 0 Å². The molecular formula is C16H15ClN2O4S. The average molecular weight is 367 g/mol. The van der Waals surface area contributed by atoms with Crippen molar-refractivity contribution >= 4 is 38.9 Å². The van der Waals surface area contributed by atoms with Crippen LogP contribution >= 0.6 is 11.6 Å². The number of carbonyl (C=O) groups is 1. The summed E-state index contributed by atoms with van der Waals surface area (Å²) in [6, 6.07) is 10.8. The van der Waals surface area contributed by atoms with Crippen molar-refractivity contribution in [2.45, 2.75) is 11.8 Å². The summed E-state index contributed by atoms with van der Waals surface area (Å²) in [5, 5.41) is 0.333. The van der Waals surface area contributed by atoms with E-state index in [-0.39, 0.29) is 10.8 Å². The number of halogens is 1. The van der Waals surface area contributed by atoms with Crippen molar-refractivity contribution in [2.24, 2.45) is 0 Å². The number of nitrogens with zero attached hydrogens (tertiary/aromatic N) is 1. The summed E-state index contributed by atoms with van der Waals surface area (Å²) in [6.45, 7) is 2.28. The summed E-state index contributed by atoms with van der Waals surface area (Å²) in [4.78, 5) is 13.3. The maximum atomic E-state index is 12.5. The Morgan fingerprint density at radius 3 is 2.75 bits per heavy atom. The molecule has 8 heteroatoms. The molecule has 1 aliphatic rings. The number of carbonyl (C=O) groups excluding carboxylic acids is 1. The monoisotopic (exact) mass is 366 g/mol. The summed E-state index contributed by atoms with van der Waals surface area (Å²) >= 11 is 5.85. The SMILES string of the molecule is CC(=O)N1CCOc2ccc(NS(=O)(=O)c3cccc(Cl)c3)cc21. The first-order chi connectivity index (χ1) is 11.4. The van der Waals surface area contributed by atoms with Gasteiger partial charge in [0.05, 0.1) is 22.8 Å². The van der Waals surface area contributed by atoms with E-state index >= 15 is 0 Å². The number of hydrogen-bond donors (Lipinski definition) is 1. The number of hydrogen-bond acceptors (Lipinski definition) is 4. The van der Waals surface area contributed by atoms with E-state index in [1.807, 2.05) is 0 Å². The van der Waals surface area contributed by atoms with Crippen molar-refractivity contribution in [3.8, 4) is 5.75 Å². The van der Waals surface area contributed by atoms with Gasteiger partial charge < -0.3 is 9.64 Å². The van der Waals surface area contributed by atoms with Crippen molar-refractivity contribution in [1.29, 1.82) is 0 Å². The average Bonchev–Trinajstić information content (AvgIpc) is 2.53. The van der Waals surface area contributed by atoms with Crippen LogP contribution in [0.4, 0.5) is 11.4 Å². The Kier molecular flexibility index (Phi) is 4.38. The van der Waals surface area contributed by atoms with Crippen LogP contribution in [-0.4, -0.2) is 27.5 Å². The molecule has 126 valence electrons. The summed E-state index contributed by atoms with van der Waals surface area (Å²) in [5.74, 6) is 0.413. The Labute approximate surface area is 145 Å². The number of fused-ring (bicyclic) bond motifs is 1. The van der Waals surface area contributed by atoms with Crippen molar-refractivity contribution in [1.82, 2.24) is 0 Å². The van der Waals surface area contributed by atoms with Crippen LogP contribution in [0.5, 0.6) is 5.75 Å². The Hall–Kier alpha value is -2.25. The van der Waals surface area contributed by atoms with Gasteiger partial charge in [-0.05, 0) is 36.4 Å². The predicted molar refractivity (Wildman–Crippen MR) is 92.2 cm³/mol. The van der Waals surface area contributed by atoms with Crippen LogP contribution in [0.15, 0.2) is 47.4 Å². The van der Waals surface area contributed by atoms with Crippen LogP contribution < -0.4 is 14.4 Å². The molecule has 24 heavy (non-hydrogen) atoms. The summed E-state index contributed by atoms with van der Waals surface area (Å²) in [6.07, 6.45) is 0. The van der Waals surface area contributed by atoms with E-state index in [9.17, 15) is 13.2 Å². The Bertz CT molecular complexity index is 899. The number of ether oxygens (including phenoxy) is 1. The van der Waals surface area contributed by atoms with E-state index in [1.54, 1.807) is 35.2 Å². The van der Waals surface area contributed by atoms with Gasteiger partial charge in [0.2, 0.25) is 5.91 Å². The topological polar surface area (TPSA) is 75.7 Å². The zero-order valence-corrected chi connectivity index (χ0v) is 14.4. The number of sulfonamides is 1. The molecule has 0 spiro atoms. The standard InChI is InChI=1S/C16H15ClN2O4S/c1-11(20)19-7-8-23-16-6-5-13(10-15(16)19)18-24(21,22)14-4-2-3-12(17)9-14/h2-6,9-10,18H,7-8H2,1H3. The number of benzene rings is 2. The highest BCUT2D eigenvalue weighted by Crippen LogP contribution is 2.34. The van der Waals surface area contributed by atoms with E-state index in [0.29, 0.717) is 35.3 Å². The van der Waals surface area contributed by atoms with Crippen molar-refractivity contribution in [3.05, 3.63) is 47.5 Å². The van der Waals surface area contributed by atoms with Gasteiger partial charge in [0.25, 0.3) is 10.0 Å². The van der Waals surface area contributed by atoms with Crippen LogP contribution in [0, 0.1) is 0 Å². The fourth-order valence-electron chi connectivity index (χ4n) is 2.46. The molecule has 1 N–H and O–H groups in total.